The van der Waals surface area contributed by atoms with E-state index in [1.807, 2.05) is 6.07 Å². The van der Waals surface area contributed by atoms with Gasteiger partial charge in [0.2, 0.25) is 0 Å². The number of hydrogen-bond donors (Lipinski definition) is 0. The molecule has 0 saturated carbocycles. The summed E-state index contributed by atoms with van der Waals surface area (Å²) in [6.45, 7) is 1.31. The SMILES string of the molecule is COCCN(Cc1ccco1)C(=O)c1cc(OC)ccc1Br. The van der Waals surface area contributed by atoms with E-state index in [4.69, 9.17) is 13.9 Å². The minimum Gasteiger partial charge on any atom is -0.497 e. The zero-order chi connectivity index (χ0) is 15.9. The average Bonchev–Trinajstić information content (AvgIpc) is 3.04. The second kappa shape index (κ2) is 8.00. The predicted molar refractivity (Wildman–Crippen MR) is 86.0 cm³/mol. The van der Waals surface area contributed by atoms with Crippen LogP contribution >= 0.6 is 15.9 Å². The summed E-state index contributed by atoms with van der Waals surface area (Å²) in [7, 11) is 3.18. The van der Waals surface area contributed by atoms with Crippen LogP contribution in [-0.2, 0) is 11.3 Å². The van der Waals surface area contributed by atoms with Crippen LogP contribution in [0.15, 0.2) is 45.5 Å². The Morgan fingerprint density at radius 2 is 2.14 bits per heavy atom. The van der Waals surface area contributed by atoms with Crippen molar-refractivity contribution in [2.45, 2.75) is 6.54 Å². The Labute approximate surface area is 137 Å². The average molecular weight is 368 g/mol. The molecular formula is C16H18BrNO4. The van der Waals surface area contributed by atoms with Crippen molar-refractivity contribution in [3.63, 3.8) is 0 Å². The minimum atomic E-state index is -0.112. The highest BCUT2D eigenvalue weighted by molar-refractivity contribution is 9.10. The van der Waals surface area contributed by atoms with E-state index >= 15 is 0 Å². The highest BCUT2D eigenvalue weighted by Gasteiger charge is 2.20. The highest BCUT2D eigenvalue weighted by Crippen LogP contribution is 2.24. The van der Waals surface area contributed by atoms with Gasteiger partial charge in [-0.2, -0.15) is 0 Å². The molecule has 0 radical (unpaired) electrons. The second-order valence-electron chi connectivity index (χ2n) is 4.64. The normalized spacial score (nSPS) is 10.5. The lowest BCUT2D eigenvalue weighted by Gasteiger charge is -2.22. The molecule has 0 aliphatic rings. The second-order valence-corrected chi connectivity index (χ2v) is 5.50. The Morgan fingerprint density at radius 1 is 1.32 bits per heavy atom. The van der Waals surface area contributed by atoms with E-state index in [1.165, 1.54) is 0 Å². The zero-order valence-corrected chi connectivity index (χ0v) is 14.1. The lowest BCUT2D eigenvalue weighted by atomic mass is 10.2. The monoisotopic (exact) mass is 367 g/mol. The molecule has 2 aromatic rings. The van der Waals surface area contributed by atoms with Crippen LogP contribution in [0.5, 0.6) is 5.75 Å². The van der Waals surface area contributed by atoms with Crippen molar-refractivity contribution < 1.29 is 18.7 Å². The van der Waals surface area contributed by atoms with Gasteiger partial charge in [0.05, 0.1) is 32.1 Å². The van der Waals surface area contributed by atoms with Crippen LogP contribution in [0.3, 0.4) is 0 Å². The molecule has 0 unspecified atom stereocenters. The van der Waals surface area contributed by atoms with Crippen LogP contribution in [0.2, 0.25) is 0 Å². The molecular weight excluding hydrogens is 350 g/mol. The number of hydrogen-bond acceptors (Lipinski definition) is 4. The van der Waals surface area contributed by atoms with Crippen molar-refractivity contribution in [3.8, 4) is 5.75 Å². The molecule has 6 heteroatoms. The summed E-state index contributed by atoms with van der Waals surface area (Å²) in [6, 6.07) is 8.96. The van der Waals surface area contributed by atoms with Crippen molar-refractivity contribution in [3.05, 3.63) is 52.4 Å². The Kier molecular flexibility index (Phi) is 6.03. The van der Waals surface area contributed by atoms with Crippen LogP contribution in [0.25, 0.3) is 0 Å². The van der Waals surface area contributed by atoms with Gasteiger partial charge in [0.15, 0.2) is 0 Å². The fourth-order valence-corrected chi connectivity index (χ4v) is 2.43. The van der Waals surface area contributed by atoms with Gasteiger partial charge in [-0.1, -0.05) is 0 Å². The molecule has 0 aliphatic carbocycles. The number of amides is 1. The number of methoxy groups -OCH3 is 2. The third kappa shape index (κ3) is 4.11. The van der Waals surface area contributed by atoms with E-state index in [1.54, 1.807) is 49.6 Å². The quantitative estimate of drug-likeness (QED) is 0.752. The Morgan fingerprint density at radius 3 is 2.77 bits per heavy atom. The molecule has 0 fully saturated rings. The van der Waals surface area contributed by atoms with Gasteiger partial charge in [-0.3, -0.25) is 4.79 Å². The molecule has 22 heavy (non-hydrogen) atoms. The van der Waals surface area contributed by atoms with Crippen molar-refractivity contribution in [1.82, 2.24) is 4.90 Å². The summed E-state index contributed by atoms with van der Waals surface area (Å²) < 4.78 is 16.3. The first-order valence-electron chi connectivity index (χ1n) is 6.80. The molecule has 0 N–H and O–H groups in total. The molecule has 0 spiro atoms. The Balaban J connectivity index is 2.23. The standard InChI is InChI=1S/C16H18BrNO4/c1-20-9-7-18(11-13-4-3-8-22-13)16(19)14-10-12(21-2)5-6-15(14)17/h3-6,8,10H,7,9,11H2,1-2H3. The summed E-state index contributed by atoms with van der Waals surface area (Å²) >= 11 is 3.42. The molecule has 0 atom stereocenters. The molecule has 1 aromatic heterocycles. The van der Waals surface area contributed by atoms with Crippen LogP contribution < -0.4 is 4.74 Å². The van der Waals surface area contributed by atoms with Crippen molar-refractivity contribution in [2.24, 2.45) is 0 Å². The molecule has 5 nitrogen and oxygen atoms in total. The van der Waals surface area contributed by atoms with Gasteiger partial charge in [-0.05, 0) is 46.3 Å². The number of furan rings is 1. The van der Waals surface area contributed by atoms with Crippen LogP contribution in [0.4, 0.5) is 0 Å². The Hall–Kier alpha value is -1.79. The molecule has 2 rings (SSSR count). The predicted octanol–water partition coefficient (Wildman–Crippen LogP) is 3.34. The van der Waals surface area contributed by atoms with Crippen LogP contribution in [-0.4, -0.2) is 38.2 Å². The zero-order valence-electron chi connectivity index (χ0n) is 12.5. The summed E-state index contributed by atoms with van der Waals surface area (Å²) in [5.41, 5.74) is 0.544. The maximum atomic E-state index is 12.8. The number of ether oxygens (including phenoxy) is 2. The van der Waals surface area contributed by atoms with Gasteiger partial charge in [-0.25, -0.2) is 0 Å². The molecule has 118 valence electrons. The number of benzene rings is 1. The van der Waals surface area contributed by atoms with Gasteiger partial charge >= 0.3 is 0 Å². The largest absolute Gasteiger partial charge is 0.497 e. The molecule has 0 saturated heterocycles. The summed E-state index contributed by atoms with van der Waals surface area (Å²) in [5.74, 6) is 1.25. The van der Waals surface area contributed by atoms with Gasteiger partial charge in [0.1, 0.15) is 11.5 Å². The van der Waals surface area contributed by atoms with E-state index in [9.17, 15) is 4.79 Å². The Bertz CT molecular complexity index is 613. The maximum absolute atomic E-state index is 12.8. The van der Waals surface area contributed by atoms with E-state index in [-0.39, 0.29) is 5.91 Å². The number of nitrogens with zero attached hydrogens (tertiary/aromatic N) is 1. The van der Waals surface area contributed by atoms with Crippen molar-refractivity contribution in [1.29, 1.82) is 0 Å². The fraction of sp³-hybridized carbons (Fsp3) is 0.312. The summed E-state index contributed by atoms with van der Waals surface area (Å²) in [4.78, 5) is 14.5. The van der Waals surface area contributed by atoms with E-state index < -0.39 is 0 Å². The van der Waals surface area contributed by atoms with Gasteiger partial charge in [-0.15, -0.1) is 0 Å². The first kappa shape index (κ1) is 16.6. The number of carbonyl (C=O) groups excluding carboxylic acids is 1. The van der Waals surface area contributed by atoms with Gasteiger partial charge in [0.25, 0.3) is 5.91 Å². The van der Waals surface area contributed by atoms with E-state index in [0.717, 1.165) is 10.2 Å². The highest BCUT2D eigenvalue weighted by atomic mass is 79.9. The molecule has 0 aliphatic heterocycles. The third-order valence-electron chi connectivity index (χ3n) is 3.18. The molecule has 1 heterocycles. The lowest BCUT2D eigenvalue weighted by Crippen LogP contribution is -2.33. The minimum absolute atomic E-state index is 0.112. The first-order chi connectivity index (χ1) is 10.7. The van der Waals surface area contributed by atoms with E-state index in [0.29, 0.717) is 31.0 Å². The smallest absolute Gasteiger partial charge is 0.255 e. The molecule has 1 amide bonds. The first-order valence-corrected chi connectivity index (χ1v) is 7.59. The van der Waals surface area contributed by atoms with Gasteiger partial charge < -0.3 is 18.8 Å². The third-order valence-corrected chi connectivity index (χ3v) is 3.87. The number of rotatable bonds is 7. The van der Waals surface area contributed by atoms with Crippen LogP contribution in [0, 0.1) is 0 Å². The lowest BCUT2D eigenvalue weighted by molar-refractivity contribution is 0.0665. The van der Waals surface area contributed by atoms with Gasteiger partial charge in [0, 0.05) is 18.1 Å². The molecule has 0 bridgehead atoms. The molecule has 1 aromatic carbocycles. The summed E-state index contributed by atoms with van der Waals surface area (Å²) in [6.07, 6.45) is 1.59. The van der Waals surface area contributed by atoms with Crippen molar-refractivity contribution in [2.75, 3.05) is 27.4 Å². The van der Waals surface area contributed by atoms with Crippen LogP contribution in [0.1, 0.15) is 16.1 Å². The van der Waals surface area contributed by atoms with E-state index in [2.05, 4.69) is 15.9 Å². The maximum Gasteiger partial charge on any atom is 0.255 e. The number of carbonyl (C=O) groups is 1. The topological polar surface area (TPSA) is 51.9 Å². The van der Waals surface area contributed by atoms with Crippen molar-refractivity contribution >= 4 is 21.8 Å². The summed E-state index contributed by atoms with van der Waals surface area (Å²) in [5, 5.41) is 0. The fourth-order valence-electron chi connectivity index (χ4n) is 2.01. The number of halogens is 1.